The molecule has 0 spiro atoms. The van der Waals surface area contributed by atoms with Crippen molar-refractivity contribution in [2.24, 2.45) is 11.8 Å². The van der Waals surface area contributed by atoms with E-state index in [1.807, 2.05) is 12.1 Å². The number of anilines is 2. The Morgan fingerprint density at radius 2 is 2.12 bits per heavy atom. The van der Waals surface area contributed by atoms with Crippen LogP contribution < -0.4 is 11.1 Å². The maximum Gasteiger partial charge on any atom is 0.125 e. The average molecular weight is 233 g/mol. The maximum atomic E-state index is 5.64. The van der Waals surface area contributed by atoms with Gasteiger partial charge in [-0.15, -0.1) is 0 Å². The van der Waals surface area contributed by atoms with Gasteiger partial charge in [0.15, 0.2) is 0 Å². The molecule has 1 fully saturated rings. The van der Waals surface area contributed by atoms with Gasteiger partial charge in [-0.1, -0.05) is 32.6 Å². The van der Waals surface area contributed by atoms with Crippen molar-refractivity contribution in [3.05, 3.63) is 18.3 Å². The predicted octanol–water partition coefficient (Wildman–Crippen LogP) is 3.29. The van der Waals surface area contributed by atoms with Crippen molar-refractivity contribution >= 4 is 11.5 Å². The van der Waals surface area contributed by atoms with Crippen molar-refractivity contribution in [1.29, 1.82) is 0 Å². The molecule has 3 N–H and O–H groups in total. The number of nitrogens with two attached hydrogens (primary N) is 1. The van der Waals surface area contributed by atoms with E-state index in [0.717, 1.165) is 24.1 Å². The minimum absolute atomic E-state index is 0.585. The van der Waals surface area contributed by atoms with Gasteiger partial charge in [0.2, 0.25) is 0 Å². The van der Waals surface area contributed by atoms with Gasteiger partial charge < -0.3 is 11.1 Å². The lowest BCUT2D eigenvalue weighted by atomic mass is 9.81. The normalized spacial score (nSPS) is 24.5. The maximum absolute atomic E-state index is 5.64. The van der Waals surface area contributed by atoms with Gasteiger partial charge in [-0.25, -0.2) is 4.98 Å². The first-order chi connectivity index (χ1) is 8.24. The molecule has 0 atom stereocenters. The topological polar surface area (TPSA) is 50.9 Å². The summed E-state index contributed by atoms with van der Waals surface area (Å²) in [6.07, 6.45) is 8.65. The molecule has 0 radical (unpaired) electrons. The van der Waals surface area contributed by atoms with Crippen molar-refractivity contribution in [1.82, 2.24) is 4.98 Å². The number of nitrogen functional groups attached to an aromatic ring is 1. The Balaban J connectivity index is 1.69. The van der Waals surface area contributed by atoms with E-state index < -0.39 is 0 Å². The van der Waals surface area contributed by atoms with Crippen LogP contribution in [0.15, 0.2) is 18.3 Å². The molecule has 1 saturated carbocycles. The van der Waals surface area contributed by atoms with Gasteiger partial charge >= 0.3 is 0 Å². The molecule has 3 heteroatoms. The quantitative estimate of drug-likeness (QED) is 0.839. The van der Waals surface area contributed by atoms with Crippen LogP contribution in [0.5, 0.6) is 0 Å². The summed E-state index contributed by atoms with van der Waals surface area (Å²) in [4.78, 5) is 3.98. The van der Waals surface area contributed by atoms with Crippen molar-refractivity contribution < 1.29 is 0 Å². The van der Waals surface area contributed by atoms with E-state index in [1.165, 1.54) is 32.1 Å². The van der Waals surface area contributed by atoms with Crippen LogP contribution >= 0.6 is 0 Å². The second-order valence-electron chi connectivity index (χ2n) is 5.31. The number of nitrogens with zero attached hydrogens (tertiary/aromatic N) is 1. The number of rotatable bonds is 4. The average Bonchev–Trinajstić information content (AvgIpc) is 2.32. The molecule has 0 bridgehead atoms. The highest BCUT2D eigenvalue weighted by atomic mass is 14.9. The summed E-state index contributed by atoms with van der Waals surface area (Å²) in [6, 6.07) is 3.86. The first-order valence-corrected chi connectivity index (χ1v) is 6.69. The van der Waals surface area contributed by atoms with Crippen LogP contribution in [-0.2, 0) is 0 Å². The lowest BCUT2D eigenvalue weighted by Gasteiger charge is -2.26. The minimum Gasteiger partial charge on any atom is -0.385 e. The SMILES string of the molecule is CC1CCC(CCNc2ccnc(N)c2)CC1. The first-order valence-electron chi connectivity index (χ1n) is 6.69. The molecule has 1 heterocycles. The molecule has 3 nitrogen and oxygen atoms in total. The summed E-state index contributed by atoms with van der Waals surface area (Å²) in [6.45, 7) is 3.41. The predicted molar refractivity (Wildman–Crippen MR) is 72.9 cm³/mol. The molecule has 1 aromatic rings. The Hall–Kier alpha value is -1.25. The number of hydrogen-bond acceptors (Lipinski definition) is 3. The number of nitrogens with one attached hydrogen (secondary N) is 1. The molecule has 2 rings (SSSR count). The van der Waals surface area contributed by atoms with Gasteiger partial charge in [0, 0.05) is 24.5 Å². The highest BCUT2D eigenvalue weighted by Crippen LogP contribution is 2.30. The third-order valence-corrected chi connectivity index (χ3v) is 3.80. The monoisotopic (exact) mass is 233 g/mol. The van der Waals surface area contributed by atoms with Gasteiger partial charge in [-0.05, 0) is 24.3 Å². The van der Waals surface area contributed by atoms with Gasteiger partial charge in [-0.2, -0.15) is 0 Å². The smallest absolute Gasteiger partial charge is 0.125 e. The van der Waals surface area contributed by atoms with Gasteiger partial charge in [0.25, 0.3) is 0 Å². The molecule has 1 aliphatic rings. The summed E-state index contributed by atoms with van der Waals surface area (Å²) in [5.74, 6) is 2.44. The Morgan fingerprint density at radius 1 is 1.35 bits per heavy atom. The van der Waals surface area contributed by atoms with Crippen LogP contribution in [0.4, 0.5) is 11.5 Å². The van der Waals surface area contributed by atoms with E-state index in [0.29, 0.717) is 5.82 Å². The highest BCUT2D eigenvalue weighted by molar-refractivity contribution is 5.49. The molecule has 94 valence electrons. The standard InChI is InChI=1S/C14H23N3/c1-11-2-4-12(5-3-11)6-8-16-13-7-9-17-14(15)10-13/h7,9-12H,2-6,8H2,1H3,(H3,15,16,17). The lowest BCUT2D eigenvalue weighted by Crippen LogP contribution is -2.15. The molecular formula is C14H23N3. The van der Waals surface area contributed by atoms with E-state index in [2.05, 4.69) is 17.2 Å². The molecule has 17 heavy (non-hydrogen) atoms. The Bertz CT molecular complexity index is 343. The third-order valence-electron chi connectivity index (χ3n) is 3.80. The van der Waals surface area contributed by atoms with Crippen LogP contribution in [0.1, 0.15) is 39.0 Å². The van der Waals surface area contributed by atoms with Crippen LogP contribution in [-0.4, -0.2) is 11.5 Å². The molecule has 0 saturated heterocycles. The highest BCUT2D eigenvalue weighted by Gasteiger charge is 2.17. The fourth-order valence-corrected chi connectivity index (χ4v) is 2.60. The van der Waals surface area contributed by atoms with Crippen molar-refractivity contribution in [2.45, 2.75) is 39.0 Å². The molecule has 1 aromatic heterocycles. The fraction of sp³-hybridized carbons (Fsp3) is 0.643. The molecule has 0 aliphatic heterocycles. The number of aromatic nitrogens is 1. The zero-order chi connectivity index (χ0) is 12.1. The van der Waals surface area contributed by atoms with E-state index in [4.69, 9.17) is 5.73 Å². The van der Waals surface area contributed by atoms with E-state index in [-0.39, 0.29) is 0 Å². The largest absolute Gasteiger partial charge is 0.385 e. The summed E-state index contributed by atoms with van der Waals surface area (Å²) in [5.41, 5.74) is 6.72. The number of hydrogen-bond donors (Lipinski definition) is 2. The zero-order valence-corrected chi connectivity index (χ0v) is 10.7. The summed E-state index contributed by atoms with van der Waals surface area (Å²) >= 11 is 0. The third kappa shape index (κ3) is 3.91. The fourth-order valence-electron chi connectivity index (χ4n) is 2.60. The van der Waals surface area contributed by atoms with Crippen LogP contribution in [0, 0.1) is 11.8 Å². The number of pyridine rings is 1. The van der Waals surface area contributed by atoms with E-state index >= 15 is 0 Å². The zero-order valence-electron chi connectivity index (χ0n) is 10.7. The first kappa shape index (κ1) is 12.2. The van der Waals surface area contributed by atoms with E-state index in [1.54, 1.807) is 6.20 Å². The van der Waals surface area contributed by atoms with Crippen molar-refractivity contribution in [2.75, 3.05) is 17.6 Å². The van der Waals surface area contributed by atoms with Crippen LogP contribution in [0.2, 0.25) is 0 Å². The van der Waals surface area contributed by atoms with Crippen LogP contribution in [0.25, 0.3) is 0 Å². The molecule has 1 aliphatic carbocycles. The van der Waals surface area contributed by atoms with Crippen LogP contribution in [0.3, 0.4) is 0 Å². The summed E-state index contributed by atoms with van der Waals surface area (Å²) in [7, 11) is 0. The summed E-state index contributed by atoms with van der Waals surface area (Å²) < 4.78 is 0. The second-order valence-corrected chi connectivity index (χ2v) is 5.31. The minimum atomic E-state index is 0.585. The Kier molecular flexibility index (Phi) is 4.24. The summed E-state index contributed by atoms with van der Waals surface area (Å²) in [5, 5.41) is 3.42. The molecule has 0 amide bonds. The molecular weight excluding hydrogens is 210 g/mol. The van der Waals surface area contributed by atoms with Crippen molar-refractivity contribution in [3.8, 4) is 0 Å². The van der Waals surface area contributed by atoms with E-state index in [9.17, 15) is 0 Å². The lowest BCUT2D eigenvalue weighted by molar-refractivity contribution is 0.282. The molecule has 0 aromatic carbocycles. The Labute approximate surface area is 104 Å². The second kappa shape index (κ2) is 5.89. The van der Waals surface area contributed by atoms with Gasteiger partial charge in [0.1, 0.15) is 5.82 Å². The van der Waals surface area contributed by atoms with Crippen molar-refractivity contribution in [3.63, 3.8) is 0 Å². The molecule has 0 unspecified atom stereocenters. The van der Waals surface area contributed by atoms with Gasteiger partial charge in [0.05, 0.1) is 0 Å². The Morgan fingerprint density at radius 3 is 2.82 bits per heavy atom. The van der Waals surface area contributed by atoms with Gasteiger partial charge in [-0.3, -0.25) is 0 Å².